The van der Waals surface area contributed by atoms with E-state index in [0.717, 1.165) is 16.9 Å². The molecule has 23 heavy (non-hydrogen) atoms. The number of aryl methyl sites for hydroxylation is 1. The molecule has 2 rings (SSSR count). The number of allylic oxidation sites excluding steroid dienone is 1. The van der Waals surface area contributed by atoms with Crippen molar-refractivity contribution in [2.45, 2.75) is 11.8 Å². The minimum atomic E-state index is -3.64. The van der Waals surface area contributed by atoms with Crippen LogP contribution in [0.4, 0.5) is 0 Å². The fourth-order valence-corrected chi connectivity index (χ4v) is 2.66. The van der Waals surface area contributed by atoms with Crippen molar-refractivity contribution in [3.63, 3.8) is 0 Å². The van der Waals surface area contributed by atoms with Gasteiger partial charge in [0.05, 0.1) is 12.0 Å². The van der Waals surface area contributed by atoms with Crippen LogP contribution in [0.2, 0.25) is 0 Å². The van der Waals surface area contributed by atoms with Crippen molar-refractivity contribution in [2.75, 3.05) is 7.11 Å². The summed E-state index contributed by atoms with van der Waals surface area (Å²) in [6.45, 7) is 1.89. The number of methoxy groups -OCH3 is 1. The summed E-state index contributed by atoms with van der Waals surface area (Å²) in [4.78, 5) is 2.34. The van der Waals surface area contributed by atoms with Crippen molar-refractivity contribution in [1.29, 1.82) is 0 Å². The van der Waals surface area contributed by atoms with Crippen molar-refractivity contribution in [3.05, 3.63) is 65.7 Å². The largest absolute Gasteiger partial charge is 0.496 e. The lowest BCUT2D eigenvalue weighted by atomic mass is 10.2. The molecule has 0 aliphatic heterocycles. The first kappa shape index (κ1) is 16.8. The summed E-state index contributed by atoms with van der Waals surface area (Å²) in [5.41, 5.74) is 1.87. The van der Waals surface area contributed by atoms with Crippen molar-refractivity contribution < 1.29 is 13.2 Å². The zero-order valence-electron chi connectivity index (χ0n) is 12.9. The Balaban J connectivity index is 2.01. The number of ether oxygens (including phenoxy) is 1. The van der Waals surface area contributed by atoms with Gasteiger partial charge in [-0.25, -0.2) is 4.83 Å². The summed E-state index contributed by atoms with van der Waals surface area (Å²) in [6.07, 6.45) is 4.79. The Morgan fingerprint density at radius 3 is 2.48 bits per heavy atom. The monoisotopic (exact) mass is 330 g/mol. The smallest absolute Gasteiger partial charge is 0.276 e. The van der Waals surface area contributed by atoms with Gasteiger partial charge in [-0.05, 0) is 37.3 Å². The van der Waals surface area contributed by atoms with Crippen LogP contribution < -0.4 is 9.57 Å². The predicted molar refractivity (Wildman–Crippen MR) is 92.0 cm³/mol. The molecule has 0 unspecified atom stereocenters. The topological polar surface area (TPSA) is 67.8 Å². The molecule has 0 aliphatic carbocycles. The average molecular weight is 330 g/mol. The Morgan fingerprint density at radius 1 is 1.09 bits per heavy atom. The molecule has 2 aromatic carbocycles. The van der Waals surface area contributed by atoms with Crippen molar-refractivity contribution in [3.8, 4) is 5.75 Å². The highest BCUT2D eigenvalue weighted by Gasteiger charge is 2.11. The van der Waals surface area contributed by atoms with Crippen LogP contribution in [0.1, 0.15) is 11.1 Å². The molecule has 0 saturated carbocycles. The fraction of sp³-hybridized carbons (Fsp3) is 0.118. The molecule has 0 aliphatic rings. The van der Waals surface area contributed by atoms with E-state index in [9.17, 15) is 8.42 Å². The summed E-state index contributed by atoms with van der Waals surface area (Å²) in [5.74, 6) is 0.734. The summed E-state index contributed by atoms with van der Waals surface area (Å²) >= 11 is 0. The van der Waals surface area contributed by atoms with Gasteiger partial charge in [-0.15, -0.1) is 0 Å². The van der Waals surface area contributed by atoms with Gasteiger partial charge in [-0.3, -0.25) is 0 Å². The number of nitrogens with one attached hydrogen (secondary N) is 1. The molecule has 0 saturated heterocycles. The van der Waals surface area contributed by atoms with Crippen LogP contribution in [0, 0.1) is 6.92 Å². The van der Waals surface area contributed by atoms with E-state index in [1.54, 1.807) is 31.4 Å². The lowest BCUT2D eigenvalue weighted by Crippen LogP contribution is -2.17. The highest BCUT2D eigenvalue weighted by Crippen LogP contribution is 2.18. The fourth-order valence-electron chi connectivity index (χ4n) is 1.86. The third-order valence-corrected chi connectivity index (χ3v) is 4.32. The molecule has 120 valence electrons. The molecule has 0 aromatic heterocycles. The zero-order chi connectivity index (χ0) is 16.7. The maximum atomic E-state index is 12.0. The van der Waals surface area contributed by atoms with E-state index >= 15 is 0 Å². The number of hydrogen-bond acceptors (Lipinski definition) is 4. The second-order valence-electron chi connectivity index (χ2n) is 4.79. The number of nitrogens with zero attached hydrogens (tertiary/aromatic N) is 1. The molecule has 0 fully saturated rings. The van der Waals surface area contributed by atoms with Crippen LogP contribution in [-0.4, -0.2) is 21.7 Å². The third kappa shape index (κ3) is 4.69. The molecular weight excluding hydrogens is 312 g/mol. The van der Waals surface area contributed by atoms with Crippen LogP contribution in [0.3, 0.4) is 0 Å². The first-order valence-corrected chi connectivity index (χ1v) is 8.42. The van der Waals surface area contributed by atoms with Crippen LogP contribution in [0.25, 0.3) is 6.08 Å². The van der Waals surface area contributed by atoms with Gasteiger partial charge in [0, 0.05) is 11.8 Å². The van der Waals surface area contributed by atoms with Crippen LogP contribution >= 0.6 is 0 Å². The molecule has 6 heteroatoms. The minimum absolute atomic E-state index is 0.175. The van der Waals surface area contributed by atoms with E-state index < -0.39 is 10.0 Å². The molecule has 0 bridgehead atoms. The first-order valence-electron chi connectivity index (χ1n) is 6.94. The number of rotatable bonds is 6. The summed E-state index contributed by atoms with van der Waals surface area (Å²) in [7, 11) is -2.05. The van der Waals surface area contributed by atoms with E-state index in [1.165, 1.54) is 18.3 Å². The molecule has 0 heterocycles. The zero-order valence-corrected chi connectivity index (χ0v) is 13.7. The Labute approximate surface area is 136 Å². The molecule has 1 N–H and O–H groups in total. The Hall–Kier alpha value is -2.60. The number of sulfonamides is 1. The van der Waals surface area contributed by atoms with E-state index in [1.807, 2.05) is 31.2 Å². The van der Waals surface area contributed by atoms with Crippen LogP contribution in [0.5, 0.6) is 5.75 Å². The van der Waals surface area contributed by atoms with Crippen molar-refractivity contribution in [1.82, 2.24) is 4.83 Å². The molecule has 0 amide bonds. The number of hydrogen-bond donors (Lipinski definition) is 1. The van der Waals surface area contributed by atoms with Gasteiger partial charge in [0.15, 0.2) is 0 Å². The minimum Gasteiger partial charge on any atom is -0.496 e. The molecular formula is C17H18N2O3S. The Kier molecular flexibility index (Phi) is 5.54. The van der Waals surface area contributed by atoms with Crippen molar-refractivity contribution in [2.24, 2.45) is 5.10 Å². The van der Waals surface area contributed by atoms with E-state index in [-0.39, 0.29) is 4.90 Å². The molecule has 0 spiro atoms. The maximum Gasteiger partial charge on any atom is 0.276 e. The third-order valence-electron chi connectivity index (χ3n) is 3.08. The van der Waals surface area contributed by atoms with Crippen molar-refractivity contribution >= 4 is 22.3 Å². The molecule has 2 aromatic rings. The van der Waals surface area contributed by atoms with Gasteiger partial charge >= 0.3 is 0 Å². The lowest BCUT2D eigenvalue weighted by Gasteiger charge is -2.03. The van der Waals surface area contributed by atoms with Gasteiger partial charge in [0.1, 0.15) is 5.75 Å². The van der Waals surface area contributed by atoms with E-state index in [0.29, 0.717) is 0 Å². The molecule has 0 atom stereocenters. The highest BCUT2D eigenvalue weighted by molar-refractivity contribution is 7.89. The summed E-state index contributed by atoms with van der Waals surface area (Å²) in [5, 5.41) is 3.72. The van der Waals surface area contributed by atoms with E-state index in [4.69, 9.17) is 4.74 Å². The number of hydrazone groups is 1. The van der Waals surface area contributed by atoms with Gasteiger partial charge in [0.2, 0.25) is 0 Å². The predicted octanol–water partition coefficient (Wildman–Crippen LogP) is 2.98. The Morgan fingerprint density at radius 2 is 1.78 bits per heavy atom. The Bertz CT molecular complexity index is 810. The molecule has 5 nitrogen and oxygen atoms in total. The maximum absolute atomic E-state index is 12.0. The van der Waals surface area contributed by atoms with Gasteiger partial charge in [-0.1, -0.05) is 35.9 Å². The lowest BCUT2D eigenvalue weighted by molar-refractivity contribution is 0.414. The standard InChI is InChI=1S/C17H18N2O3S/c1-14-9-11-16(12-10-14)23(20,21)19-18-13-5-7-15-6-3-4-8-17(15)22-2/h3-13,19H,1-2H3/b7-5+,18-13+. The molecule has 0 radical (unpaired) electrons. The second-order valence-corrected chi connectivity index (χ2v) is 6.45. The average Bonchev–Trinajstić information content (AvgIpc) is 2.55. The first-order chi connectivity index (χ1) is 11.0. The quantitative estimate of drug-likeness (QED) is 0.654. The second kappa shape index (κ2) is 7.60. The van der Waals surface area contributed by atoms with Crippen LogP contribution in [-0.2, 0) is 10.0 Å². The summed E-state index contributed by atoms with van der Waals surface area (Å²) in [6, 6.07) is 14.0. The number of para-hydroxylation sites is 1. The normalized spacial score (nSPS) is 11.9. The SMILES string of the molecule is COc1ccccc1/C=C/C=N/NS(=O)(=O)c1ccc(C)cc1. The van der Waals surface area contributed by atoms with Crippen LogP contribution in [0.15, 0.2) is 64.6 Å². The van der Waals surface area contributed by atoms with Gasteiger partial charge < -0.3 is 4.74 Å². The van der Waals surface area contributed by atoms with E-state index in [2.05, 4.69) is 9.93 Å². The van der Waals surface area contributed by atoms with Gasteiger partial charge in [-0.2, -0.15) is 13.5 Å². The highest BCUT2D eigenvalue weighted by atomic mass is 32.2. The summed E-state index contributed by atoms with van der Waals surface area (Å²) < 4.78 is 29.2. The number of benzene rings is 2. The van der Waals surface area contributed by atoms with Gasteiger partial charge in [0.25, 0.3) is 10.0 Å².